The van der Waals surface area contributed by atoms with Crippen molar-refractivity contribution >= 4 is 23.1 Å². The minimum absolute atomic E-state index is 0.193. The quantitative estimate of drug-likeness (QED) is 0.927. The van der Waals surface area contributed by atoms with Crippen LogP contribution >= 0.6 is 23.1 Å². The van der Waals surface area contributed by atoms with Crippen LogP contribution < -0.4 is 5.32 Å². The summed E-state index contributed by atoms with van der Waals surface area (Å²) in [4.78, 5) is 4.53. The number of aromatic nitrogens is 1. The maximum Gasteiger partial charge on any atom is 0.0897 e. The van der Waals surface area contributed by atoms with Crippen LogP contribution in [0.15, 0.2) is 5.38 Å². The van der Waals surface area contributed by atoms with Gasteiger partial charge in [-0.2, -0.15) is 11.8 Å². The number of hydrogen-bond donors (Lipinski definition) is 1. The van der Waals surface area contributed by atoms with Gasteiger partial charge in [0.15, 0.2) is 0 Å². The molecule has 0 amide bonds. The molecule has 1 unspecified atom stereocenters. The van der Waals surface area contributed by atoms with Crippen molar-refractivity contribution in [2.45, 2.75) is 50.7 Å². The predicted molar refractivity (Wildman–Crippen MR) is 86.8 cm³/mol. The summed E-state index contributed by atoms with van der Waals surface area (Å²) in [6, 6.07) is 0.631. The van der Waals surface area contributed by atoms with E-state index in [-0.39, 0.29) is 5.60 Å². The van der Waals surface area contributed by atoms with Crippen molar-refractivity contribution in [1.29, 1.82) is 0 Å². The number of rotatable bonds is 4. The lowest BCUT2D eigenvalue weighted by Gasteiger charge is -2.43. The van der Waals surface area contributed by atoms with Gasteiger partial charge >= 0.3 is 0 Å². The molecule has 1 aromatic rings. The lowest BCUT2D eigenvalue weighted by atomic mass is 9.85. The number of thiazole rings is 1. The first kappa shape index (κ1) is 14.8. The molecule has 1 atom stereocenters. The molecular weight excluding hydrogens is 288 g/mol. The molecule has 20 heavy (non-hydrogen) atoms. The van der Waals surface area contributed by atoms with Crippen molar-refractivity contribution in [3.05, 3.63) is 16.1 Å². The largest absolute Gasteiger partial charge is 0.375 e. The number of ether oxygens (including phenoxy) is 1. The fraction of sp³-hybridized carbons (Fsp3) is 0.800. The zero-order chi connectivity index (χ0) is 13.8. The molecule has 2 saturated heterocycles. The third-order valence-electron chi connectivity index (χ3n) is 4.38. The van der Waals surface area contributed by atoms with Crippen LogP contribution in [0, 0.1) is 6.92 Å². The molecule has 1 N–H and O–H groups in total. The summed E-state index contributed by atoms with van der Waals surface area (Å²) >= 11 is 3.82. The van der Waals surface area contributed by atoms with Crippen molar-refractivity contribution in [2.75, 3.05) is 24.7 Å². The van der Waals surface area contributed by atoms with Crippen LogP contribution in [0.2, 0.25) is 0 Å². The Balaban J connectivity index is 1.45. The standard InChI is InChI=1S/C15H24N2OS2/c1-12-17-14(11-20-12)2-6-16-13-3-7-18-15(10-13)4-8-19-9-5-15/h11,13,16H,2-10H2,1H3. The zero-order valence-electron chi connectivity index (χ0n) is 12.2. The van der Waals surface area contributed by atoms with Gasteiger partial charge in [-0.05, 0) is 44.1 Å². The molecule has 3 nitrogen and oxygen atoms in total. The Hall–Kier alpha value is -0.100. The van der Waals surface area contributed by atoms with Crippen LogP contribution in [0.1, 0.15) is 36.4 Å². The molecule has 5 heteroatoms. The van der Waals surface area contributed by atoms with E-state index in [2.05, 4.69) is 34.4 Å². The van der Waals surface area contributed by atoms with Gasteiger partial charge in [-0.3, -0.25) is 0 Å². The van der Waals surface area contributed by atoms with Gasteiger partial charge in [0.1, 0.15) is 0 Å². The Morgan fingerprint density at radius 1 is 1.45 bits per heavy atom. The lowest BCUT2D eigenvalue weighted by molar-refractivity contribution is -0.0930. The fourth-order valence-electron chi connectivity index (χ4n) is 3.22. The van der Waals surface area contributed by atoms with Crippen LogP contribution in [0.5, 0.6) is 0 Å². The van der Waals surface area contributed by atoms with Gasteiger partial charge < -0.3 is 10.1 Å². The molecule has 0 radical (unpaired) electrons. The fourth-order valence-corrected chi connectivity index (χ4v) is 5.11. The highest BCUT2D eigenvalue weighted by Gasteiger charge is 2.38. The summed E-state index contributed by atoms with van der Waals surface area (Å²) in [6.45, 7) is 4.04. The van der Waals surface area contributed by atoms with Gasteiger partial charge in [0.2, 0.25) is 0 Å². The van der Waals surface area contributed by atoms with E-state index in [9.17, 15) is 0 Å². The van der Waals surface area contributed by atoms with E-state index in [0.29, 0.717) is 6.04 Å². The van der Waals surface area contributed by atoms with Gasteiger partial charge in [-0.1, -0.05) is 0 Å². The monoisotopic (exact) mass is 312 g/mol. The Bertz CT molecular complexity index is 424. The van der Waals surface area contributed by atoms with Crippen molar-refractivity contribution in [3.8, 4) is 0 Å². The van der Waals surface area contributed by atoms with Crippen LogP contribution in [0.4, 0.5) is 0 Å². The summed E-state index contributed by atoms with van der Waals surface area (Å²) in [7, 11) is 0. The molecule has 2 aliphatic heterocycles. The van der Waals surface area contributed by atoms with Gasteiger partial charge in [-0.15, -0.1) is 11.3 Å². The van der Waals surface area contributed by atoms with E-state index in [1.54, 1.807) is 11.3 Å². The molecule has 0 aromatic carbocycles. The summed E-state index contributed by atoms with van der Waals surface area (Å²) in [6.07, 6.45) is 5.88. The van der Waals surface area contributed by atoms with E-state index in [1.165, 1.54) is 41.5 Å². The van der Waals surface area contributed by atoms with Crippen LogP contribution in [-0.2, 0) is 11.2 Å². The van der Waals surface area contributed by atoms with Crippen molar-refractivity contribution < 1.29 is 4.74 Å². The Morgan fingerprint density at radius 2 is 2.30 bits per heavy atom. The Morgan fingerprint density at radius 3 is 3.05 bits per heavy atom. The van der Waals surface area contributed by atoms with Crippen molar-refractivity contribution in [3.63, 3.8) is 0 Å². The van der Waals surface area contributed by atoms with Gasteiger partial charge in [0.05, 0.1) is 16.3 Å². The van der Waals surface area contributed by atoms with E-state index in [1.807, 2.05) is 0 Å². The highest BCUT2D eigenvalue weighted by Crippen LogP contribution is 2.37. The maximum absolute atomic E-state index is 6.14. The first-order chi connectivity index (χ1) is 9.76. The van der Waals surface area contributed by atoms with Crippen LogP contribution in [0.25, 0.3) is 0 Å². The molecule has 1 spiro atoms. The molecule has 1 aromatic heterocycles. The van der Waals surface area contributed by atoms with Gasteiger partial charge in [0, 0.05) is 31.0 Å². The molecule has 0 aliphatic carbocycles. The second kappa shape index (κ2) is 6.77. The SMILES string of the molecule is Cc1nc(CCNC2CCOC3(CCSCC3)C2)cs1. The molecule has 2 aliphatic rings. The first-order valence-electron chi connectivity index (χ1n) is 7.62. The van der Waals surface area contributed by atoms with E-state index >= 15 is 0 Å². The predicted octanol–water partition coefficient (Wildman–Crippen LogP) is 3.03. The summed E-state index contributed by atoms with van der Waals surface area (Å²) in [5.41, 5.74) is 1.43. The normalized spacial score (nSPS) is 25.9. The van der Waals surface area contributed by atoms with E-state index in [0.717, 1.165) is 26.0 Å². The smallest absolute Gasteiger partial charge is 0.0897 e. The van der Waals surface area contributed by atoms with Crippen molar-refractivity contribution in [1.82, 2.24) is 10.3 Å². The number of thioether (sulfide) groups is 1. The molecule has 0 saturated carbocycles. The summed E-state index contributed by atoms with van der Waals surface area (Å²) in [5.74, 6) is 2.54. The van der Waals surface area contributed by atoms with Crippen molar-refractivity contribution in [2.24, 2.45) is 0 Å². The topological polar surface area (TPSA) is 34.2 Å². The van der Waals surface area contributed by atoms with E-state index in [4.69, 9.17) is 4.74 Å². The second-order valence-electron chi connectivity index (χ2n) is 5.90. The minimum Gasteiger partial charge on any atom is -0.375 e. The molecule has 112 valence electrons. The zero-order valence-corrected chi connectivity index (χ0v) is 13.8. The first-order valence-corrected chi connectivity index (χ1v) is 9.65. The molecule has 3 heterocycles. The average Bonchev–Trinajstić information content (AvgIpc) is 2.86. The summed E-state index contributed by atoms with van der Waals surface area (Å²) in [5, 5.41) is 7.08. The maximum atomic E-state index is 6.14. The van der Waals surface area contributed by atoms with Crippen LogP contribution in [0.3, 0.4) is 0 Å². The Kier molecular flexibility index (Phi) is 5.02. The number of nitrogens with zero attached hydrogens (tertiary/aromatic N) is 1. The summed E-state index contributed by atoms with van der Waals surface area (Å²) < 4.78 is 6.14. The second-order valence-corrected chi connectivity index (χ2v) is 8.18. The number of nitrogens with one attached hydrogen (secondary N) is 1. The van der Waals surface area contributed by atoms with Crippen LogP contribution in [-0.4, -0.2) is 41.3 Å². The molecule has 2 fully saturated rings. The number of aryl methyl sites for hydroxylation is 1. The lowest BCUT2D eigenvalue weighted by Crippen LogP contribution is -2.49. The highest BCUT2D eigenvalue weighted by atomic mass is 32.2. The number of hydrogen-bond acceptors (Lipinski definition) is 5. The van der Waals surface area contributed by atoms with Gasteiger partial charge in [0.25, 0.3) is 0 Å². The molecule has 0 bridgehead atoms. The van der Waals surface area contributed by atoms with Gasteiger partial charge in [-0.25, -0.2) is 4.98 Å². The molecular formula is C15H24N2OS2. The molecule has 3 rings (SSSR count). The third-order valence-corrected chi connectivity index (χ3v) is 6.19. The highest BCUT2D eigenvalue weighted by molar-refractivity contribution is 7.99. The Labute approximate surface area is 129 Å². The minimum atomic E-state index is 0.193. The third kappa shape index (κ3) is 3.75. The average molecular weight is 313 g/mol. The van der Waals surface area contributed by atoms with E-state index < -0.39 is 0 Å².